The van der Waals surface area contributed by atoms with Crippen LogP contribution >= 0.6 is 0 Å². The molecule has 14 heavy (non-hydrogen) atoms. The zero-order valence-corrected chi connectivity index (χ0v) is 11.4. The molecule has 4 nitrogen and oxygen atoms in total. The third-order valence-electron chi connectivity index (χ3n) is 1.92. The van der Waals surface area contributed by atoms with Crippen LogP contribution in [0.5, 0.6) is 11.5 Å². The van der Waals surface area contributed by atoms with Gasteiger partial charge in [0.05, 0.1) is 0 Å². The van der Waals surface area contributed by atoms with E-state index in [1.165, 1.54) is 19.9 Å². The minimum Gasteiger partial charge on any atom is -0.872 e. The standard InChI is InChI=1S/C9H10O4.K/c1-4-3-6(10)5(2)8(11)7(4)9(12)13;/h3,10-11H,1-2H3,(H,12,13);/q;+1/p-1. The summed E-state index contributed by atoms with van der Waals surface area (Å²) in [5.41, 5.74) is 0.153. The van der Waals surface area contributed by atoms with Crippen LogP contribution in [0, 0.1) is 13.8 Å². The summed E-state index contributed by atoms with van der Waals surface area (Å²) in [5, 5.41) is 29.1. The number of hydrogen-bond donors (Lipinski definition) is 2. The molecule has 0 unspecified atom stereocenters. The minimum absolute atomic E-state index is 0. The first-order valence-corrected chi connectivity index (χ1v) is 3.68. The van der Waals surface area contributed by atoms with E-state index >= 15 is 0 Å². The van der Waals surface area contributed by atoms with Gasteiger partial charge in [0, 0.05) is 0 Å². The van der Waals surface area contributed by atoms with Crippen molar-refractivity contribution in [2.24, 2.45) is 0 Å². The third-order valence-corrected chi connectivity index (χ3v) is 1.92. The van der Waals surface area contributed by atoms with Crippen molar-refractivity contribution in [1.29, 1.82) is 0 Å². The van der Waals surface area contributed by atoms with E-state index in [1.807, 2.05) is 0 Å². The Morgan fingerprint density at radius 3 is 2.36 bits per heavy atom. The number of aromatic hydroxyl groups is 1. The van der Waals surface area contributed by atoms with Crippen molar-refractivity contribution in [3.05, 3.63) is 22.8 Å². The second-order valence-electron chi connectivity index (χ2n) is 2.85. The van der Waals surface area contributed by atoms with Gasteiger partial charge in [-0.2, -0.15) is 0 Å². The number of aromatic carboxylic acids is 1. The zero-order chi connectivity index (χ0) is 10.2. The molecular weight excluding hydrogens is 211 g/mol. The van der Waals surface area contributed by atoms with E-state index in [0.717, 1.165) is 0 Å². The van der Waals surface area contributed by atoms with Gasteiger partial charge in [0.1, 0.15) is 11.3 Å². The van der Waals surface area contributed by atoms with Crippen LogP contribution in [0.3, 0.4) is 0 Å². The summed E-state index contributed by atoms with van der Waals surface area (Å²) in [6.07, 6.45) is 0. The number of aryl methyl sites for hydroxylation is 1. The number of carboxylic acid groups (broad SMARTS) is 1. The molecule has 0 aliphatic rings. The predicted molar refractivity (Wildman–Crippen MR) is 44.0 cm³/mol. The number of carbonyl (C=O) groups is 1. The minimum atomic E-state index is -1.22. The molecule has 0 spiro atoms. The largest absolute Gasteiger partial charge is 1.00 e. The Bertz CT molecular complexity index is 374. The van der Waals surface area contributed by atoms with Gasteiger partial charge in [-0.05, 0) is 25.0 Å². The number of rotatable bonds is 1. The molecule has 0 amide bonds. The predicted octanol–water partition coefficient (Wildman–Crippen LogP) is -2.22. The summed E-state index contributed by atoms with van der Waals surface area (Å²) in [4.78, 5) is 10.6. The summed E-state index contributed by atoms with van der Waals surface area (Å²) in [5.74, 6) is -2.00. The molecule has 0 saturated carbocycles. The third kappa shape index (κ3) is 2.49. The Labute approximate surface area is 124 Å². The molecule has 0 radical (unpaired) electrons. The Morgan fingerprint density at radius 1 is 1.43 bits per heavy atom. The van der Waals surface area contributed by atoms with Gasteiger partial charge in [0.2, 0.25) is 0 Å². The molecule has 5 heteroatoms. The first-order chi connectivity index (χ1) is 5.95. The summed E-state index contributed by atoms with van der Waals surface area (Å²) in [7, 11) is 0. The molecule has 0 aromatic heterocycles. The van der Waals surface area contributed by atoms with Gasteiger partial charge >= 0.3 is 57.4 Å². The molecule has 1 aromatic carbocycles. The van der Waals surface area contributed by atoms with Crippen molar-refractivity contribution in [3.8, 4) is 11.5 Å². The maximum absolute atomic E-state index is 11.1. The summed E-state index contributed by atoms with van der Waals surface area (Å²) < 4.78 is 0. The smallest absolute Gasteiger partial charge is 0.872 e. The molecule has 1 aromatic rings. The second kappa shape index (κ2) is 5.13. The van der Waals surface area contributed by atoms with Gasteiger partial charge in [-0.25, -0.2) is 4.79 Å². The Balaban J connectivity index is 0.00000169. The van der Waals surface area contributed by atoms with Crippen LogP contribution < -0.4 is 56.5 Å². The van der Waals surface area contributed by atoms with Crippen molar-refractivity contribution in [1.82, 2.24) is 0 Å². The number of benzene rings is 1. The second-order valence-corrected chi connectivity index (χ2v) is 2.85. The van der Waals surface area contributed by atoms with Gasteiger partial charge in [-0.15, -0.1) is 5.75 Å². The normalized spacial score (nSPS) is 9.29. The summed E-state index contributed by atoms with van der Waals surface area (Å²) in [6, 6.07) is 1.21. The molecule has 0 atom stereocenters. The summed E-state index contributed by atoms with van der Waals surface area (Å²) in [6.45, 7) is 2.87. The fourth-order valence-electron chi connectivity index (χ4n) is 1.14. The van der Waals surface area contributed by atoms with E-state index < -0.39 is 11.7 Å². The van der Waals surface area contributed by atoms with Crippen LogP contribution in [-0.2, 0) is 0 Å². The van der Waals surface area contributed by atoms with Crippen molar-refractivity contribution in [2.75, 3.05) is 0 Å². The van der Waals surface area contributed by atoms with Gasteiger partial charge in [-0.3, -0.25) is 0 Å². The molecule has 1 rings (SSSR count). The van der Waals surface area contributed by atoms with Gasteiger partial charge < -0.3 is 15.3 Å². The van der Waals surface area contributed by atoms with Crippen molar-refractivity contribution >= 4 is 5.97 Å². The number of phenols is 1. The number of carboxylic acids is 1. The van der Waals surface area contributed by atoms with E-state index in [4.69, 9.17) is 5.11 Å². The van der Waals surface area contributed by atoms with Crippen molar-refractivity contribution in [3.63, 3.8) is 0 Å². The fraction of sp³-hybridized carbons (Fsp3) is 0.222. The average Bonchev–Trinajstić information content (AvgIpc) is 1.99. The van der Waals surface area contributed by atoms with E-state index in [0.29, 0.717) is 0 Å². The van der Waals surface area contributed by atoms with E-state index in [-0.39, 0.29) is 73.8 Å². The van der Waals surface area contributed by atoms with Gasteiger partial charge in [0.15, 0.2) is 0 Å². The molecule has 0 bridgehead atoms. The quantitative estimate of drug-likeness (QED) is 0.526. The van der Waals surface area contributed by atoms with Crippen LogP contribution in [0.15, 0.2) is 6.07 Å². The Morgan fingerprint density at radius 2 is 1.93 bits per heavy atom. The summed E-state index contributed by atoms with van der Waals surface area (Å²) >= 11 is 0. The molecule has 0 heterocycles. The van der Waals surface area contributed by atoms with E-state index in [2.05, 4.69) is 0 Å². The van der Waals surface area contributed by atoms with Crippen molar-refractivity contribution in [2.45, 2.75) is 13.8 Å². The topological polar surface area (TPSA) is 80.6 Å². The zero-order valence-electron chi connectivity index (χ0n) is 8.29. The molecule has 0 aliphatic carbocycles. The first-order valence-electron chi connectivity index (χ1n) is 3.68. The first kappa shape index (κ1) is 13.9. The maximum Gasteiger partial charge on any atom is 1.00 e. The molecule has 0 aliphatic heterocycles. The molecule has 0 fully saturated rings. The fourth-order valence-corrected chi connectivity index (χ4v) is 1.14. The molecule has 0 saturated heterocycles. The van der Waals surface area contributed by atoms with Crippen LogP contribution in [0.2, 0.25) is 0 Å². The van der Waals surface area contributed by atoms with E-state index in [9.17, 15) is 15.0 Å². The number of hydrogen-bond acceptors (Lipinski definition) is 3. The SMILES string of the molecule is Cc1cc([O-])c(C)c(O)c1C(=O)O.[K+]. The Kier molecular flexibility index (Phi) is 5.11. The van der Waals surface area contributed by atoms with E-state index in [1.54, 1.807) is 0 Å². The Hall–Kier alpha value is -0.0736. The maximum atomic E-state index is 11.1. The average molecular weight is 220 g/mol. The van der Waals surface area contributed by atoms with Crippen LogP contribution in [-0.4, -0.2) is 16.2 Å². The van der Waals surface area contributed by atoms with Gasteiger partial charge in [-0.1, -0.05) is 6.07 Å². The van der Waals surface area contributed by atoms with Crippen LogP contribution in [0.1, 0.15) is 21.5 Å². The molecule has 2 N–H and O–H groups in total. The molecular formula is C9H9KO4. The van der Waals surface area contributed by atoms with Crippen molar-refractivity contribution < 1.29 is 71.5 Å². The van der Waals surface area contributed by atoms with Crippen LogP contribution in [0.25, 0.3) is 0 Å². The van der Waals surface area contributed by atoms with Gasteiger partial charge in [0.25, 0.3) is 0 Å². The van der Waals surface area contributed by atoms with Crippen LogP contribution in [0.4, 0.5) is 0 Å². The molecule has 70 valence electrons. The monoisotopic (exact) mass is 220 g/mol.